The normalized spacial score (nSPS) is 13.3. The molecule has 17 heavy (non-hydrogen) atoms. The zero-order chi connectivity index (χ0) is 13.5. The van der Waals surface area contributed by atoms with Gasteiger partial charge in [0.15, 0.2) is 0 Å². The van der Waals surface area contributed by atoms with Crippen molar-refractivity contribution in [2.45, 2.75) is 53.9 Å². The van der Waals surface area contributed by atoms with Crippen LogP contribution in [0.1, 0.15) is 39.5 Å². The van der Waals surface area contributed by atoms with Crippen molar-refractivity contribution < 1.29 is 24.1 Å². The van der Waals surface area contributed by atoms with Gasteiger partial charge in [-0.15, -0.1) is 0 Å². The summed E-state index contributed by atoms with van der Waals surface area (Å²) in [6.07, 6.45) is 3.16. The van der Waals surface area contributed by atoms with Crippen LogP contribution in [-0.2, 0) is 12.6 Å². The Balaban J connectivity index is 4.51. The fourth-order valence-electron chi connectivity index (χ4n) is 1.16. The fourth-order valence-corrected chi connectivity index (χ4v) is 11.6. The summed E-state index contributed by atoms with van der Waals surface area (Å²) < 4.78 is 63.8. The molecular formula is C9H18F3O3SSn. The molecule has 0 spiro atoms. The SMILES string of the molecule is CCC[CH2][Sn]([CH2]CCC)[O]S(=O)(=O)C(F)(F)F. The topological polar surface area (TPSA) is 43.4 Å². The number of hydrogen-bond donors (Lipinski definition) is 0. The van der Waals surface area contributed by atoms with Gasteiger partial charge in [-0.3, -0.25) is 0 Å². The summed E-state index contributed by atoms with van der Waals surface area (Å²) in [6.45, 7) is 3.83. The molecule has 3 nitrogen and oxygen atoms in total. The van der Waals surface area contributed by atoms with Crippen LogP contribution in [0.5, 0.6) is 0 Å². The monoisotopic (exact) mass is 383 g/mol. The first-order valence-corrected chi connectivity index (χ1v) is 12.2. The second kappa shape index (κ2) is 7.83. The van der Waals surface area contributed by atoms with Crippen LogP contribution in [0, 0.1) is 0 Å². The maximum atomic E-state index is 12.2. The summed E-state index contributed by atoms with van der Waals surface area (Å²) >= 11 is -2.90. The van der Waals surface area contributed by atoms with Crippen molar-refractivity contribution in [1.82, 2.24) is 0 Å². The van der Waals surface area contributed by atoms with Crippen molar-refractivity contribution in [2.75, 3.05) is 0 Å². The zero-order valence-corrected chi connectivity index (χ0v) is 13.7. The number of alkyl halides is 3. The molecule has 0 N–H and O–H groups in total. The molecule has 0 saturated carbocycles. The molecule has 0 amide bonds. The quantitative estimate of drug-likeness (QED) is 0.477. The van der Waals surface area contributed by atoms with Crippen molar-refractivity contribution in [3.63, 3.8) is 0 Å². The molecule has 8 heteroatoms. The van der Waals surface area contributed by atoms with Crippen LogP contribution in [0.3, 0.4) is 0 Å². The Morgan fingerprint density at radius 3 is 1.76 bits per heavy atom. The van der Waals surface area contributed by atoms with E-state index in [1.165, 1.54) is 0 Å². The van der Waals surface area contributed by atoms with E-state index in [9.17, 15) is 21.6 Å². The van der Waals surface area contributed by atoms with Crippen LogP contribution >= 0.6 is 0 Å². The van der Waals surface area contributed by atoms with Gasteiger partial charge in [0.1, 0.15) is 0 Å². The molecular weight excluding hydrogens is 364 g/mol. The van der Waals surface area contributed by atoms with E-state index in [0.29, 0.717) is 8.87 Å². The molecule has 0 aromatic carbocycles. The Hall–Kier alpha value is 0.499. The van der Waals surface area contributed by atoms with E-state index in [-0.39, 0.29) is 0 Å². The first kappa shape index (κ1) is 17.5. The van der Waals surface area contributed by atoms with E-state index in [0.717, 1.165) is 25.7 Å². The molecule has 103 valence electrons. The van der Waals surface area contributed by atoms with Crippen LogP contribution < -0.4 is 0 Å². The van der Waals surface area contributed by atoms with Crippen LogP contribution in [0.25, 0.3) is 0 Å². The summed E-state index contributed by atoms with van der Waals surface area (Å²) in [5.74, 6) is 0. The molecule has 0 bridgehead atoms. The van der Waals surface area contributed by atoms with Crippen LogP contribution in [-0.4, -0.2) is 34.1 Å². The average Bonchev–Trinajstić information content (AvgIpc) is 2.20. The third kappa shape index (κ3) is 6.85. The molecule has 1 radical (unpaired) electrons. The summed E-state index contributed by atoms with van der Waals surface area (Å²) in [5, 5.41) is 0. The van der Waals surface area contributed by atoms with E-state index in [4.69, 9.17) is 0 Å². The maximum absolute atomic E-state index is 12.2. The number of halogens is 3. The van der Waals surface area contributed by atoms with E-state index in [2.05, 4.69) is 2.52 Å². The predicted molar refractivity (Wildman–Crippen MR) is 61.2 cm³/mol. The van der Waals surface area contributed by atoms with Gasteiger partial charge >= 0.3 is 108 Å². The van der Waals surface area contributed by atoms with Crippen LogP contribution in [0.2, 0.25) is 8.87 Å². The van der Waals surface area contributed by atoms with Crippen molar-refractivity contribution >= 4 is 30.3 Å². The number of unbranched alkanes of at least 4 members (excludes halogenated alkanes) is 2. The predicted octanol–water partition coefficient (Wildman–Crippen LogP) is 3.44. The first-order chi connectivity index (χ1) is 7.74. The second-order valence-corrected chi connectivity index (χ2v) is 12.6. The molecule has 0 aliphatic heterocycles. The third-order valence-corrected chi connectivity index (χ3v) is 12.2. The van der Waals surface area contributed by atoms with Gasteiger partial charge < -0.3 is 0 Å². The van der Waals surface area contributed by atoms with E-state index in [1.54, 1.807) is 0 Å². The Labute approximate surface area is 108 Å². The Morgan fingerprint density at radius 1 is 1.06 bits per heavy atom. The molecule has 0 fully saturated rings. The molecule has 0 aliphatic carbocycles. The molecule has 0 aliphatic rings. The van der Waals surface area contributed by atoms with Gasteiger partial charge in [-0.25, -0.2) is 0 Å². The summed E-state index contributed by atoms with van der Waals surface area (Å²) in [7, 11) is -5.37. The molecule has 0 unspecified atom stereocenters. The molecule has 0 saturated heterocycles. The minimum absolute atomic E-state index is 0.536. The minimum atomic E-state index is -5.37. The van der Waals surface area contributed by atoms with Crippen molar-refractivity contribution in [2.24, 2.45) is 0 Å². The molecule has 0 aromatic heterocycles. The van der Waals surface area contributed by atoms with Gasteiger partial charge in [0.05, 0.1) is 0 Å². The summed E-state index contributed by atoms with van der Waals surface area (Å²) in [4.78, 5) is 0. The Kier molecular flexibility index (Phi) is 8.06. The van der Waals surface area contributed by atoms with Crippen molar-refractivity contribution in [3.05, 3.63) is 0 Å². The van der Waals surface area contributed by atoms with Gasteiger partial charge in [0.25, 0.3) is 0 Å². The van der Waals surface area contributed by atoms with Crippen LogP contribution in [0.15, 0.2) is 0 Å². The van der Waals surface area contributed by atoms with Crippen molar-refractivity contribution in [1.29, 1.82) is 0 Å². The summed E-state index contributed by atoms with van der Waals surface area (Å²) in [5.41, 5.74) is -5.28. The fraction of sp³-hybridized carbons (Fsp3) is 1.00. The molecule has 0 aromatic rings. The van der Waals surface area contributed by atoms with Crippen LogP contribution in [0.4, 0.5) is 13.2 Å². The zero-order valence-electron chi connectivity index (χ0n) is 10.0. The molecule has 0 heterocycles. The number of hydrogen-bond acceptors (Lipinski definition) is 3. The van der Waals surface area contributed by atoms with Gasteiger partial charge in [-0.2, -0.15) is 0 Å². The van der Waals surface area contributed by atoms with Gasteiger partial charge in [-0.1, -0.05) is 0 Å². The van der Waals surface area contributed by atoms with Crippen molar-refractivity contribution in [3.8, 4) is 0 Å². The second-order valence-electron chi connectivity index (χ2n) is 3.73. The number of rotatable bonds is 8. The Morgan fingerprint density at radius 2 is 1.47 bits per heavy atom. The van der Waals surface area contributed by atoms with Gasteiger partial charge in [-0.05, 0) is 0 Å². The molecule has 0 atom stereocenters. The first-order valence-electron chi connectivity index (χ1n) is 5.60. The van der Waals surface area contributed by atoms with Gasteiger partial charge in [0, 0.05) is 0 Å². The molecule has 0 rings (SSSR count). The standard InChI is InChI=1S/2C4H9.CHF3O3S.Sn/c2*1-3-4-2;2-1(3,4)8(5,6)7;/h2*1,3-4H2,2H3;(H,5,6,7);/q;;;+1/p-1. The van der Waals surface area contributed by atoms with E-state index < -0.39 is 35.8 Å². The Bertz CT molecular complexity index is 295. The summed E-state index contributed by atoms with van der Waals surface area (Å²) in [6, 6.07) is 0. The van der Waals surface area contributed by atoms with Gasteiger partial charge in [0.2, 0.25) is 0 Å². The van der Waals surface area contributed by atoms with E-state index >= 15 is 0 Å². The average molecular weight is 382 g/mol. The third-order valence-electron chi connectivity index (χ3n) is 2.13. The van der Waals surface area contributed by atoms with E-state index in [1.807, 2.05) is 13.8 Å².